The van der Waals surface area contributed by atoms with E-state index in [1.807, 2.05) is 12.1 Å². The summed E-state index contributed by atoms with van der Waals surface area (Å²) < 4.78 is 5.13. The summed E-state index contributed by atoms with van der Waals surface area (Å²) in [6.07, 6.45) is 0.572. The molecule has 1 saturated carbocycles. The molecule has 3 rings (SSSR count). The molecule has 2 unspecified atom stereocenters. The Bertz CT molecular complexity index is 776. The van der Waals surface area contributed by atoms with Crippen LogP contribution in [0.5, 0.6) is 5.75 Å². The normalized spacial score (nSPS) is 18.3. The van der Waals surface area contributed by atoms with Crippen LogP contribution in [0, 0.1) is 11.8 Å². The molecule has 2 aromatic rings. The van der Waals surface area contributed by atoms with Crippen LogP contribution in [0.3, 0.4) is 0 Å². The Balaban J connectivity index is 1.48. The lowest BCUT2D eigenvalue weighted by molar-refractivity contribution is -0.125. The lowest BCUT2D eigenvalue weighted by atomic mass is 10.2. The molecule has 0 saturated heterocycles. The summed E-state index contributed by atoms with van der Waals surface area (Å²) in [5.41, 5.74) is 1.63. The second-order valence-electron chi connectivity index (χ2n) is 6.01. The molecule has 0 heterocycles. The van der Waals surface area contributed by atoms with Gasteiger partial charge in [-0.2, -0.15) is 0 Å². The summed E-state index contributed by atoms with van der Waals surface area (Å²) in [7, 11) is 1.57. The number of carbonyl (C=O) groups excluding carboxylic acids is 2. The number of halogens is 1. The van der Waals surface area contributed by atoms with Gasteiger partial charge >= 0.3 is 0 Å². The number of amides is 2. The molecule has 0 spiro atoms. The van der Waals surface area contributed by atoms with Gasteiger partial charge in [-0.1, -0.05) is 29.8 Å². The van der Waals surface area contributed by atoms with Gasteiger partial charge in [0.1, 0.15) is 5.75 Å². The molecule has 2 aromatic carbocycles. The molecule has 25 heavy (non-hydrogen) atoms. The van der Waals surface area contributed by atoms with Gasteiger partial charge in [-0.05, 0) is 36.2 Å². The second kappa shape index (κ2) is 7.57. The second-order valence-corrected chi connectivity index (χ2v) is 6.45. The van der Waals surface area contributed by atoms with E-state index in [1.54, 1.807) is 43.5 Å². The largest absolute Gasteiger partial charge is 0.497 e. The third-order valence-electron chi connectivity index (χ3n) is 4.18. The van der Waals surface area contributed by atoms with E-state index in [4.69, 9.17) is 16.3 Å². The SMILES string of the molecule is COc1cccc(NC(=O)C2CC2C(=O)NCc2ccc(Cl)cc2)c1. The summed E-state index contributed by atoms with van der Waals surface area (Å²) in [4.78, 5) is 24.4. The van der Waals surface area contributed by atoms with Crippen LogP contribution in [0.2, 0.25) is 5.02 Å². The Hall–Kier alpha value is -2.53. The Morgan fingerprint density at radius 3 is 2.56 bits per heavy atom. The van der Waals surface area contributed by atoms with Gasteiger partial charge in [-0.3, -0.25) is 9.59 Å². The number of rotatable bonds is 6. The van der Waals surface area contributed by atoms with Gasteiger partial charge in [0.2, 0.25) is 11.8 Å². The molecule has 0 radical (unpaired) electrons. The van der Waals surface area contributed by atoms with Gasteiger partial charge in [0.15, 0.2) is 0 Å². The number of nitrogens with one attached hydrogen (secondary N) is 2. The summed E-state index contributed by atoms with van der Waals surface area (Å²) in [5.74, 6) is -0.110. The van der Waals surface area contributed by atoms with Crippen LogP contribution in [0.25, 0.3) is 0 Å². The van der Waals surface area contributed by atoms with E-state index in [-0.39, 0.29) is 23.7 Å². The zero-order chi connectivity index (χ0) is 17.8. The monoisotopic (exact) mass is 358 g/mol. The number of anilines is 1. The van der Waals surface area contributed by atoms with E-state index < -0.39 is 0 Å². The standard InChI is InChI=1S/C19H19ClN2O3/c1-25-15-4-2-3-14(9-15)22-19(24)17-10-16(17)18(23)21-11-12-5-7-13(20)8-6-12/h2-9,16-17H,10-11H2,1H3,(H,21,23)(H,22,24). The molecule has 6 heteroatoms. The Kier molecular flexibility index (Phi) is 5.24. The third kappa shape index (κ3) is 4.51. The molecular weight excluding hydrogens is 340 g/mol. The average molecular weight is 359 g/mol. The van der Waals surface area contributed by atoms with Crippen LogP contribution >= 0.6 is 11.6 Å². The van der Waals surface area contributed by atoms with Crippen molar-refractivity contribution in [1.82, 2.24) is 5.32 Å². The van der Waals surface area contributed by atoms with Gasteiger partial charge in [-0.15, -0.1) is 0 Å². The zero-order valence-corrected chi connectivity index (χ0v) is 14.5. The minimum atomic E-state index is -0.281. The molecule has 2 N–H and O–H groups in total. The van der Waals surface area contributed by atoms with E-state index in [2.05, 4.69) is 10.6 Å². The van der Waals surface area contributed by atoms with Crippen molar-refractivity contribution in [2.45, 2.75) is 13.0 Å². The van der Waals surface area contributed by atoms with Gasteiger partial charge in [0.25, 0.3) is 0 Å². The number of benzene rings is 2. The van der Waals surface area contributed by atoms with Crippen molar-refractivity contribution in [1.29, 1.82) is 0 Å². The Morgan fingerprint density at radius 1 is 1.12 bits per heavy atom. The lowest BCUT2D eigenvalue weighted by Gasteiger charge is -2.07. The van der Waals surface area contributed by atoms with Gasteiger partial charge in [0, 0.05) is 23.3 Å². The molecule has 1 aliphatic carbocycles. The summed E-state index contributed by atoms with van der Waals surface area (Å²) >= 11 is 5.83. The molecule has 0 aliphatic heterocycles. The first-order valence-electron chi connectivity index (χ1n) is 8.04. The van der Waals surface area contributed by atoms with Crippen molar-refractivity contribution in [3.05, 3.63) is 59.1 Å². The van der Waals surface area contributed by atoms with Gasteiger partial charge < -0.3 is 15.4 Å². The van der Waals surface area contributed by atoms with Crippen molar-refractivity contribution < 1.29 is 14.3 Å². The van der Waals surface area contributed by atoms with Crippen LogP contribution < -0.4 is 15.4 Å². The van der Waals surface area contributed by atoms with Crippen molar-refractivity contribution in [2.75, 3.05) is 12.4 Å². The minimum absolute atomic E-state index is 0.0965. The third-order valence-corrected chi connectivity index (χ3v) is 4.43. The highest BCUT2D eigenvalue weighted by Gasteiger charge is 2.47. The van der Waals surface area contributed by atoms with Crippen LogP contribution in [0.15, 0.2) is 48.5 Å². The van der Waals surface area contributed by atoms with Crippen LogP contribution in [0.4, 0.5) is 5.69 Å². The quantitative estimate of drug-likeness (QED) is 0.833. The molecular formula is C19H19ClN2O3. The number of hydrogen-bond donors (Lipinski definition) is 2. The highest BCUT2D eigenvalue weighted by atomic mass is 35.5. The van der Waals surface area contributed by atoms with Gasteiger partial charge in [-0.25, -0.2) is 0 Å². The minimum Gasteiger partial charge on any atom is -0.497 e. The maximum Gasteiger partial charge on any atom is 0.228 e. The fraction of sp³-hybridized carbons (Fsp3) is 0.263. The number of ether oxygens (including phenoxy) is 1. The molecule has 130 valence electrons. The highest BCUT2D eigenvalue weighted by Crippen LogP contribution is 2.39. The number of carbonyl (C=O) groups is 2. The molecule has 1 fully saturated rings. The predicted octanol–water partition coefficient (Wildman–Crippen LogP) is 3.24. The molecule has 5 nitrogen and oxygen atoms in total. The number of hydrogen-bond acceptors (Lipinski definition) is 3. The summed E-state index contributed by atoms with van der Waals surface area (Å²) in [6.45, 7) is 0.427. The van der Waals surface area contributed by atoms with Crippen LogP contribution in [-0.4, -0.2) is 18.9 Å². The molecule has 2 atom stereocenters. The first-order valence-corrected chi connectivity index (χ1v) is 8.41. The maximum absolute atomic E-state index is 12.3. The smallest absolute Gasteiger partial charge is 0.228 e. The van der Waals surface area contributed by atoms with E-state index >= 15 is 0 Å². The fourth-order valence-electron chi connectivity index (χ4n) is 2.63. The van der Waals surface area contributed by atoms with Gasteiger partial charge in [0.05, 0.1) is 18.9 Å². The van der Waals surface area contributed by atoms with Crippen molar-refractivity contribution in [2.24, 2.45) is 11.8 Å². The van der Waals surface area contributed by atoms with Crippen molar-refractivity contribution in [3.63, 3.8) is 0 Å². The van der Waals surface area contributed by atoms with E-state index in [9.17, 15) is 9.59 Å². The van der Waals surface area contributed by atoms with Crippen molar-refractivity contribution in [3.8, 4) is 5.75 Å². The Labute approximate surface area is 151 Å². The molecule has 0 aromatic heterocycles. The molecule has 0 bridgehead atoms. The summed E-state index contributed by atoms with van der Waals surface area (Å²) in [6, 6.07) is 14.4. The predicted molar refractivity (Wildman–Crippen MR) is 96.5 cm³/mol. The number of methoxy groups -OCH3 is 1. The van der Waals surface area contributed by atoms with E-state index in [0.717, 1.165) is 5.56 Å². The summed E-state index contributed by atoms with van der Waals surface area (Å²) in [5, 5.41) is 6.35. The first-order chi connectivity index (χ1) is 12.1. The molecule has 1 aliphatic rings. The van der Waals surface area contributed by atoms with Crippen LogP contribution in [-0.2, 0) is 16.1 Å². The van der Waals surface area contributed by atoms with Crippen LogP contribution in [0.1, 0.15) is 12.0 Å². The average Bonchev–Trinajstić information content (AvgIpc) is 3.42. The van der Waals surface area contributed by atoms with E-state index in [0.29, 0.717) is 29.4 Å². The Morgan fingerprint density at radius 2 is 1.84 bits per heavy atom. The lowest BCUT2D eigenvalue weighted by Crippen LogP contribution is -2.27. The fourth-order valence-corrected chi connectivity index (χ4v) is 2.76. The first kappa shape index (κ1) is 17.3. The van der Waals surface area contributed by atoms with Crippen molar-refractivity contribution >= 4 is 29.1 Å². The topological polar surface area (TPSA) is 67.4 Å². The van der Waals surface area contributed by atoms with E-state index in [1.165, 1.54) is 0 Å². The molecule has 2 amide bonds. The maximum atomic E-state index is 12.3. The zero-order valence-electron chi connectivity index (χ0n) is 13.8. The highest BCUT2D eigenvalue weighted by molar-refractivity contribution is 6.30.